The molecule has 9 nitrogen and oxygen atoms in total. The lowest BCUT2D eigenvalue weighted by Crippen LogP contribution is -2.08. The number of H-pyrrole nitrogens is 1. The number of carbonyl (C=O) groups is 1. The predicted octanol–water partition coefficient (Wildman–Crippen LogP) is 3.11. The van der Waals surface area contributed by atoms with Gasteiger partial charge >= 0.3 is 0 Å². The minimum Gasteiger partial charge on any atom is -0.291 e. The first-order chi connectivity index (χ1) is 14.7. The lowest BCUT2D eigenvalue weighted by Gasteiger charge is -2.08. The van der Waals surface area contributed by atoms with E-state index in [9.17, 15) is 4.79 Å². The smallest absolute Gasteiger partial charge is 0.217 e. The van der Waals surface area contributed by atoms with Gasteiger partial charge in [0.25, 0.3) is 0 Å². The van der Waals surface area contributed by atoms with Crippen LogP contribution in [0.15, 0.2) is 42.6 Å². The van der Waals surface area contributed by atoms with E-state index in [0.717, 1.165) is 41.1 Å². The molecule has 0 amide bonds. The van der Waals surface area contributed by atoms with Gasteiger partial charge in [-0.05, 0) is 28.5 Å². The molecule has 0 atom stereocenters. The number of nitrogens with zero attached hydrogens (tertiary/aromatic N) is 7. The summed E-state index contributed by atoms with van der Waals surface area (Å²) in [6.07, 6.45) is 3.92. The summed E-state index contributed by atoms with van der Waals surface area (Å²) >= 11 is 0. The van der Waals surface area contributed by atoms with Gasteiger partial charge in [0.1, 0.15) is 5.82 Å². The monoisotopic (exact) mass is 402 g/mol. The summed E-state index contributed by atoms with van der Waals surface area (Å²) in [4.78, 5) is 21.1. The molecule has 0 fully saturated rings. The molecule has 4 aromatic rings. The number of hydrogen-bond donors (Lipinski definition) is 1. The summed E-state index contributed by atoms with van der Waals surface area (Å²) in [6.45, 7) is 4.41. The van der Waals surface area contributed by atoms with Gasteiger partial charge in [-0.15, -0.1) is 10.2 Å². The van der Waals surface area contributed by atoms with E-state index >= 15 is 0 Å². The van der Waals surface area contributed by atoms with E-state index < -0.39 is 0 Å². The molecule has 1 N–H and O–H groups in total. The molecule has 3 heterocycles. The molecule has 0 unspecified atom stereocenters. The van der Waals surface area contributed by atoms with Crippen molar-refractivity contribution in [3.63, 3.8) is 0 Å². The van der Waals surface area contributed by atoms with Crippen molar-refractivity contribution in [3.8, 4) is 22.6 Å². The summed E-state index contributed by atoms with van der Waals surface area (Å²) in [7, 11) is 0. The summed E-state index contributed by atoms with van der Waals surface area (Å²) in [6, 6.07) is 11.8. The Morgan fingerprint density at radius 2 is 1.93 bits per heavy atom. The fraction of sp³-hybridized carbons (Fsp3) is 0.286. The van der Waals surface area contributed by atoms with Crippen LogP contribution in [0.3, 0.4) is 0 Å². The zero-order chi connectivity index (χ0) is 20.9. The Kier molecular flexibility index (Phi) is 5.69. The Morgan fingerprint density at radius 3 is 2.60 bits per heavy atom. The van der Waals surface area contributed by atoms with E-state index in [1.54, 1.807) is 4.68 Å². The van der Waals surface area contributed by atoms with Gasteiger partial charge in [0, 0.05) is 30.2 Å². The molecular formula is C21H22N8O. The molecule has 0 aliphatic rings. The van der Waals surface area contributed by atoms with E-state index in [1.807, 2.05) is 49.5 Å². The number of hydrogen-bond acceptors (Lipinski definition) is 7. The molecule has 0 saturated carbocycles. The largest absolute Gasteiger partial charge is 0.291 e. The van der Waals surface area contributed by atoms with Gasteiger partial charge in [-0.3, -0.25) is 9.78 Å². The number of carbonyl (C=O) groups excluding carboxylic acids is 1. The summed E-state index contributed by atoms with van der Waals surface area (Å²) in [5, 5.41) is 18.5. The second-order valence-electron chi connectivity index (χ2n) is 6.88. The van der Waals surface area contributed by atoms with Gasteiger partial charge in [-0.25, -0.2) is 14.8 Å². The van der Waals surface area contributed by atoms with Crippen LogP contribution in [0.4, 0.5) is 0 Å². The van der Waals surface area contributed by atoms with Gasteiger partial charge < -0.3 is 0 Å². The zero-order valence-electron chi connectivity index (χ0n) is 16.9. The average Bonchev–Trinajstić information content (AvgIpc) is 3.45. The van der Waals surface area contributed by atoms with Crippen molar-refractivity contribution in [3.05, 3.63) is 59.8 Å². The molecule has 1 aromatic carbocycles. The SMILES string of the molecule is CCCc1nc(C(=O)CC)nn1Cc1ccc(-c2ccccc2-c2nnn[nH]2)nc1. The molecule has 0 saturated heterocycles. The van der Waals surface area contributed by atoms with E-state index in [4.69, 9.17) is 0 Å². The van der Waals surface area contributed by atoms with E-state index in [1.165, 1.54) is 0 Å². The third-order valence-corrected chi connectivity index (χ3v) is 4.75. The Labute approximate surface area is 173 Å². The maximum atomic E-state index is 12.0. The average molecular weight is 402 g/mol. The van der Waals surface area contributed by atoms with Crippen LogP contribution < -0.4 is 0 Å². The maximum absolute atomic E-state index is 12.0. The number of Topliss-reactive ketones (excluding diaryl/α,β-unsaturated/α-hetero) is 1. The van der Waals surface area contributed by atoms with Crippen LogP contribution in [0.2, 0.25) is 0 Å². The Hall–Kier alpha value is -3.75. The molecule has 152 valence electrons. The molecule has 0 bridgehead atoms. The summed E-state index contributed by atoms with van der Waals surface area (Å²) < 4.78 is 1.80. The number of aromatic amines is 1. The van der Waals surface area contributed by atoms with Crippen molar-refractivity contribution < 1.29 is 4.79 Å². The Balaban J connectivity index is 1.60. The fourth-order valence-corrected chi connectivity index (χ4v) is 3.22. The Bertz CT molecular complexity index is 1130. The molecule has 9 heteroatoms. The van der Waals surface area contributed by atoms with Crippen molar-refractivity contribution >= 4 is 5.78 Å². The van der Waals surface area contributed by atoms with Crippen molar-refractivity contribution in [1.29, 1.82) is 0 Å². The highest BCUT2D eigenvalue weighted by Gasteiger charge is 2.15. The van der Waals surface area contributed by atoms with Gasteiger partial charge in [-0.2, -0.15) is 0 Å². The molecule has 0 spiro atoms. The summed E-state index contributed by atoms with van der Waals surface area (Å²) in [5.74, 6) is 1.66. The number of aromatic nitrogens is 8. The highest BCUT2D eigenvalue weighted by Crippen LogP contribution is 2.28. The molecule has 3 aromatic heterocycles. The quantitative estimate of drug-likeness (QED) is 0.450. The first-order valence-electron chi connectivity index (χ1n) is 9.95. The fourth-order valence-electron chi connectivity index (χ4n) is 3.22. The van der Waals surface area contributed by atoms with Crippen LogP contribution in [-0.4, -0.2) is 46.2 Å². The van der Waals surface area contributed by atoms with E-state index in [2.05, 4.69) is 42.6 Å². The highest BCUT2D eigenvalue weighted by molar-refractivity contribution is 5.92. The number of ketones is 1. The van der Waals surface area contributed by atoms with Gasteiger partial charge in [0.2, 0.25) is 11.6 Å². The first kappa shape index (κ1) is 19.6. The van der Waals surface area contributed by atoms with Crippen molar-refractivity contribution in [2.24, 2.45) is 0 Å². The number of tetrazole rings is 1. The topological polar surface area (TPSA) is 115 Å². The molecule has 30 heavy (non-hydrogen) atoms. The van der Waals surface area contributed by atoms with Gasteiger partial charge in [0.15, 0.2) is 5.82 Å². The Morgan fingerprint density at radius 1 is 1.10 bits per heavy atom. The first-order valence-corrected chi connectivity index (χ1v) is 9.95. The number of aryl methyl sites for hydroxylation is 1. The van der Waals surface area contributed by atoms with Crippen LogP contribution in [0, 0.1) is 0 Å². The van der Waals surface area contributed by atoms with Crippen LogP contribution in [0.1, 0.15) is 48.7 Å². The van der Waals surface area contributed by atoms with Crippen molar-refractivity contribution in [1.82, 2.24) is 40.4 Å². The molecule has 0 aliphatic carbocycles. The molecule has 4 rings (SSSR count). The minimum atomic E-state index is -0.0434. The van der Waals surface area contributed by atoms with Crippen molar-refractivity contribution in [2.75, 3.05) is 0 Å². The van der Waals surface area contributed by atoms with Crippen LogP contribution in [0.25, 0.3) is 22.6 Å². The molecule has 0 radical (unpaired) electrons. The van der Waals surface area contributed by atoms with Gasteiger partial charge in [0.05, 0.1) is 12.2 Å². The van der Waals surface area contributed by atoms with Crippen LogP contribution in [-0.2, 0) is 13.0 Å². The second kappa shape index (κ2) is 8.73. The molecule has 0 aliphatic heterocycles. The highest BCUT2D eigenvalue weighted by atomic mass is 16.1. The normalized spacial score (nSPS) is 11.0. The van der Waals surface area contributed by atoms with Crippen LogP contribution >= 0.6 is 0 Å². The lowest BCUT2D eigenvalue weighted by molar-refractivity contribution is 0.0978. The van der Waals surface area contributed by atoms with Gasteiger partial charge in [-0.1, -0.05) is 44.2 Å². The maximum Gasteiger partial charge on any atom is 0.217 e. The zero-order valence-corrected chi connectivity index (χ0v) is 16.9. The number of pyridine rings is 1. The third kappa shape index (κ3) is 4.00. The van der Waals surface area contributed by atoms with E-state index in [-0.39, 0.29) is 5.78 Å². The number of rotatable bonds is 8. The van der Waals surface area contributed by atoms with Crippen molar-refractivity contribution in [2.45, 2.75) is 39.7 Å². The number of nitrogens with one attached hydrogen (secondary N) is 1. The standard InChI is InChI=1S/C21H22N8O/c1-3-7-19-23-21(18(30)4-2)26-29(19)13-14-10-11-17(22-12-14)15-8-5-6-9-16(15)20-24-27-28-25-20/h5-6,8-12H,3-4,7,13H2,1-2H3,(H,24,25,27,28). The molecular weight excluding hydrogens is 380 g/mol. The predicted molar refractivity (Wildman–Crippen MR) is 111 cm³/mol. The van der Waals surface area contributed by atoms with Crippen LogP contribution in [0.5, 0.6) is 0 Å². The lowest BCUT2D eigenvalue weighted by atomic mass is 10.0. The number of benzene rings is 1. The second-order valence-corrected chi connectivity index (χ2v) is 6.88. The van der Waals surface area contributed by atoms with E-state index in [0.29, 0.717) is 24.6 Å². The summed E-state index contributed by atoms with van der Waals surface area (Å²) in [5.41, 5.74) is 3.62. The minimum absolute atomic E-state index is 0.0434. The third-order valence-electron chi connectivity index (χ3n) is 4.75.